The fourth-order valence-corrected chi connectivity index (χ4v) is 4.03. The predicted molar refractivity (Wildman–Crippen MR) is 118 cm³/mol. The lowest BCUT2D eigenvalue weighted by molar-refractivity contribution is 0.345. The van der Waals surface area contributed by atoms with Gasteiger partial charge in [0, 0.05) is 5.33 Å². The van der Waals surface area contributed by atoms with Gasteiger partial charge in [0.25, 0.3) is 0 Å². The Morgan fingerprint density at radius 2 is 1.61 bits per heavy atom. The Balaban J connectivity index is 1.84. The van der Waals surface area contributed by atoms with Crippen LogP contribution in [0.25, 0.3) is 11.1 Å². The van der Waals surface area contributed by atoms with Gasteiger partial charge < -0.3 is 4.74 Å². The summed E-state index contributed by atoms with van der Waals surface area (Å²) < 4.78 is 19.2. The Labute approximate surface area is 174 Å². The Bertz CT molecular complexity index is 1000. The molecular weight excluding hydrogens is 415 g/mol. The van der Waals surface area contributed by atoms with Crippen LogP contribution in [0.3, 0.4) is 0 Å². The molecule has 1 aliphatic rings. The number of benzene rings is 3. The molecule has 0 saturated carbocycles. The fraction of sp³-hybridized carbons (Fsp3) is 0.200. The van der Waals surface area contributed by atoms with Gasteiger partial charge in [0.2, 0.25) is 0 Å². The van der Waals surface area contributed by atoms with E-state index in [1.165, 1.54) is 27.8 Å². The third-order valence-corrected chi connectivity index (χ3v) is 5.48. The highest BCUT2D eigenvalue weighted by Crippen LogP contribution is 2.41. The molecule has 3 aromatic carbocycles. The van der Waals surface area contributed by atoms with E-state index in [4.69, 9.17) is 4.74 Å². The second kappa shape index (κ2) is 8.32. The van der Waals surface area contributed by atoms with Gasteiger partial charge in [-0.1, -0.05) is 64.0 Å². The van der Waals surface area contributed by atoms with Gasteiger partial charge in [0.15, 0.2) is 0 Å². The molecule has 4 rings (SSSR count). The van der Waals surface area contributed by atoms with Crippen LogP contribution in [0, 0.1) is 12.7 Å². The lowest BCUT2D eigenvalue weighted by Crippen LogP contribution is -2.07. The zero-order chi connectivity index (χ0) is 19.5. The van der Waals surface area contributed by atoms with E-state index in [0.717, 1.165) is 35.0 Å². The molecule has 0 heterocycles. The van der Waals surface area contributed by atoms with E-state index in [0.29, 0.717) is 6.61 Å². The Hall–Kier alpha value is -2.39. The van der Waals surface area contributed by atoms with Crippen LogP contribution >= 0.6 is 15.9 Å². The largest absolute Gasteiger partial charge is 0.493 e. The highest BCUT2D eigenvalue weighted by Gasteiger charge is 2.21. The van der Waals surface area contributed by atoms with Gasteiger partial charge in [-0.05, 0) is 77.4 Å². The molecule has 0 atom stereocenters. The molecule has 1 aliphatic carbocycles. The summed E-state index contributed by atoms with van der Waals surface area (Å²) in [6.45, 7) is 2.78. The van der Waals surface area contributed by atoms with E-state index < -0.39 is 0 Å². The standard InChI is InChI=1S/C25H22BrFO/c1-17-2-12-24-20(16-17)7-13-23(18-3-8-21(27)9-4-18)25(24)19-5-10-22(11-6-19)28-15-14-26/h2-6,8-12,16H,7,13-15H2,1H3. The summed E-state index contributed by atoms with van der Waals surface area (Å²) in [7, 11) is 0. The van der Waals surface area contributed by atoms with E-state index in [1.54, 1.807) is 12.1 Å². The Morgan fingerprint density at radius 3 is 2.32 bits per heavy atom. The smallest absolute Gasteiger partial charge is 0.123 e. The molecule has 142 valence electrons. The molecule has 0 unspecified atom stereocenters. The van der Waals surface area contributed by atoms with Crippen LogP contribution in [0.2, 0.25) is 0 Å². The first kappa shape index (κ1) is 18.9. The molecule has 0 radical (unpaired) electrons. The van der Waals surface area contributed by atoms with Crippen LogP contribution in [0.15, 0.2) is 66.7 Å². The average molecular weight is 437 g/mol. The maximum Gasteiger partial charge on any atom is 0.123 e. The third-order valence-electron chi connectivity index (χ3n) is 5.16. The van der Waals surface area contributed by atoms with E-state index in [-0.39, 0.29) is 5.82 Å². The summed E-state index contributed by atoms with van der Waals surface area (Å²) in [5, 5.41) is 0.807. The number of rotatable bonds is 5. The first-order valence-corrected chi connectivity index (χ1v) is 10.7. The number of allylic oxidation sites excluding steroid dienone is 1. The van der Waals surface area contributed by atoms with Crippen molar-refractivity contribution in [2.24, 2.45) is 0 Å². The number of fused-ring (bicyclic) bond motifs is 1. The molecule has 0 bridgehead atoms. The topological polar surface area (TPSA) is 9.23 Å². The highest BCUT2D eigenvalue weighted by molar-refractivity contribution is 9.09. The van der Waals surface area contributed by atoms with Gasteiger partial charge >= 0.3 is 0 Å². The molecule has 0 amide bonds. The minimum Gasteiger partial charge on any atom is -0.493 e. The van der Waals surface area contributed by atoms with Crippen molar-refractivity contribution in [2.45, 2.75) is 19.8 Å². The van der Waals surface area contributed by atoms with Crippen molar-refractivity contribution in [1.29, 1.82) is 0 Å². The van der Waals surface area contributed by atoms with Crippen molar-refractivity contribution in [3.63, 3.8) is 0 Å². The molecule has 1 nitrogen and oxygen atoms in total. The normalized spacial score (nSPS) is 13.4. The molecule has 0 aromatic heterocycles. The average Bonchev–Trinajstić information content (AvgIpc) is 2.72. The number of hydrogen-bond donors (Lipinski definition) is 0. The minimum absolute atomic E-state index is 0.203. The Kier molecular flexibility index (Phi) is 5.63. The van der Waals surface area contributed by atoms with E-state index in [9.17, 15) is 4.39 Å². The first-order chi connectivity index (χ1) is 13.7. The summed E-state index contributed by atoms with van der Waals surface area (Å²) >= 11 is 3.39. The van der Waals surface area contributed by atoms with Crippen molar-refractivity contribution < 1.29 is 9.13 Å². The maximum atomic E-state index is 13.5. The van der Waals surface area contributed by atoms with Crippen molar-refractivity contribution >= 4 is 27.1 Å². The van der Waals surface area contributed by atoms with Crippen LogP contribution in [0.1, 0.15) is 34.2 Å². The summed E-state index contributed by atoms with van der Waals surface area (Å²) in [5.41, 5.74) is 8.68. The Morgan fingerprint density at radius 1 is 0.893 bits per heavy atom. The molecule has 0 N–H and O–H groups in total. The van der Waals surface area contributed by atoms with E-state index >= 15 is 0 Å². The maximum absolute atomic E-state index is 13.5. The number of halogens is 2. The molecular formula is C25H22BrFO. The summed E-state index contributed by atoms with van der Waals surface area (Å²) in [6, 6.07) is 21.8. The summed E-state index contributed by atoms with van der Waals surface area (Å²) in [5.74, 6) is 0.665. The van der Waals surface area contributed by atoms with Crippen LogP contribution in [-0.2, 0) is 6.42 Å². The predicted octanol–water partition coefficient (Wildman–Crippen LogP) is 6.81. The van der Waals surface area contributed by atoms with Crippen molar-refractivity contribution in [3.05, 3.63) is 100 Å². The van der Waals surface area contributed by atoms with Crippen LogP contribution in [0.4, 0.5) is 4.39 Å². The number of alkyl halides is 1. The highest BCUT2D eigenvalue weighted by atomic mass is 79.9. The monoisotopic (exact) mass is 436 g/mol. The van der Waals surface area contributed by atoms with Gasteiger partial charge in [0.05, 0.1) is 6.61 Å². The number of ether oxygens (including phenoxy) is 1. The first-order valence-electron chi connectivity index (χ1n) is 9.54. The number of hydrogen-bond acceptors (Lipinski definition) is 1. The quantitative estimate of drug-likeness (QED) is 0.399. The van der Waals surface area contributed by atoms with Crippen molar-refractivity contribution in [2.75, 3.05) is 11.9 Å². The van der Waals surface area contributed by atoms with Crippen LogP contribution < -0.4 is 4.74 Å². The molecule has 28 heavy (non-hydrogen) atoms. The van der Waals surface area contributed by atoms with Crippen molar-refractivity contribution in [3.8, 4) is 5.75 Å². The van der Waals surface area contributed by atoms with E-state index in [1.807, 2.05) is 24.3 Å². The molecule has 0 aliphatic heterocycles. The summed E-state index contributed by atoms with van der Waals surface area (Å²) in [4.78, 5) is 0. The second-order valence-corrected chi connectivity index (χ2v) is 7.88. The van der Waals surface area contributed by atoms with E-state index in [2.05, 4.69) is 53.2 Å². The summed E-state index contributed by atoms with van der Waals surface area (Å²) in [6.07, 6.45) is 1.94. The van der Waals surface area contributed by atoms with Gasteiger partial charge in [0.1, 0.15) is 11.6 Å². The van der Waals surface area contributed by atoms with Gasteiger partial charge in [-0.15, -0.1) is 0 Å². The number of aryl methyl sites for hydroxylation is 2. The van der Waals surface area contributed by atoms with Gasteiger partial charge in [-0.2, -0.15) is 0 Å². The molecule has 3 heteroatoms. The van der Waals surface area contributed by atoms with Gasteiger partial charge in [-0.3, -0.25) is 0 Å². The zero-order valence-electron chi connectivity index (χ0n) is 15.8. The molecule has 3 aromatic rings. The molecule has 0 saturated heterocycles. The lowest BCUT2D eigenvalue weighted by Gasteiger charge is -2.25. The zero-order valence-corrected chi connectivity index (χ0v) is 17.4. The lowest BCUT2D eigenvalue weighted by atomic mass is 9.79. The third kappa shape index (κ3) is 3.90. The van der Waals surface area contributed by atoms with Gasteiger partial charge in [-0.25, -0.2) is 4.39 Å². The molecule has 0 fully saturated rings. The fourth-order valence-electron chi connectivity index (χ4n) is 3.86. The second-order valence-electron chi connectivity index (χ2n) is 7.08. The minimum atomic E-state index is -0.203. The van der Waals surface area contributed by atoms with Crippen LogP contribution in [-0.4, -0.2) is 11.9 Å². The van der Waals surface area contributed by atoms with Crippen LogP contribution in [0.5, 0.6) is 5.75 Å². The van der Waals surface area contributed by atoms with Crippen molar-refractivity contribution in [1.82, 2.24) is 0 Å². The molecule has 0 spiro atoms. The SMILES string of the molecule is Cc1ccc2c(c1)CCC(c1ccc(F)cc1)=C2c1ccc(OCCBr)cc1.